The molecule has 28 heavy (non-hydrogen) atoms. The molecule has 0 unspecified atom stereocenters. The molecule has 0 bridgehead atoms. The van der Waals surface area contributed by atoms with E-state index >= 15 is 0 Å². The molecule has 2 aromatic heterocycles. The monoisotopic (exact) mass is 379 g/mol. The average Bonchev–Trinajstić information content (AvgIpc) is 3.22. The Morgan fingerprint density at radius 3 is 2.71 bits per heavy atom. The van der Waals surface area contributed by atoms with Gasteiger partial charge in [0.2, 0.25) is 5.91 Å². The summed E-state index contributed by atoms with van der Waals surface area (Å²) in [5.41, 5.74) is 3.04. The van der Waals surface area contributed by atoms with Crippen LogP contribution in [0.25, 0.3) is 11.5 Å². The van der Waals surface area contributed by atoms with Gasteiger partial charge in [0.1, 0.15) is 17.6 Å². The van der Waals surface area contributed by atoms with Crippen molar-refractivity contribution in [3.05, 3.63) is 35.7 Å². The Morgan fingerprint density at radius 2 is 1.96 bits per heavy atom. The number of rotatable bonds is 5. The molecule has 2 aliphatic rings. The maximum absolute atomic E-state index is 12.9. The fourth-order valence-corrected chi connectivity index (χ4v) is 4.24. The van der Waals surface area contributed by atoms with Crippen molar-refractivity contribution in [1.82, 2.24) is 20.3 Å². The Morgan fingerprint density at radius 1 is 1.14 bits per heavy atom. The second kappa shape index (κ2) is 8.25. The summed E-state index contributed by atoms with van der Waals surface area (Å²) in [6.07, 6.45) is 10.7. The summed E-state index contributed by atoms with van der Waals surface area (Å²) in [5.74, 6) is 1.59. The molecule has 0 aromatic carbocycles. The van der Waals surface area contributed by atoms with Crippen molar-refractivity contribution in [3.63, 3.8) is 0 Å². The highest BCUT2D eigenvalue weighted by molar-refractivity contribution is 5.85. The van der Waals surface area contributed by atoms with E-state index in [1.807, 2.05) is 37.1 Å². The van der Waals surface area contributed by atoms with Gasteiger partial charge in [0.05, 0.1) is 0 Å². The van der Waals surface area contributed by atoms with Gasteiger partial charge < -0.3 is 10.2 Å². The number of amides is 1. The fraction of sp³-hybridized carbons (Fsp3) is 0.545. The Balaban J connectivity index is 1.58. The minimum absolute atomic E-state index is 0.0825. The largest absolute Gasteiger partial charge is 0.352 e. The number of carbonyl (C=O) groups excluding carboxylic acids is 1. The van der Waals surface area contributed by atoms with Gasteiger partial charge in [-0.2, -0.15) is 0 Å². The normalized spacial score (nSPS) is 17.8. The molecule has 1 saturated carbocycles. The van der Waals surface area contributed by atoms with E-state index in [-0.39, 0.29) is 11.9 Å². The van der Waals surface area contributed by atoms with Crippen LogP contribution in [0.2, 0.25) is 0 Å². The van der Waals surface area contributed by atoms with Crippen molar-refractivity contribution < 1.29 is 4.79 Å². The number of aromatic nitrogens is 3. The molecule has 2 heterocycles. The number of hydrogen-bond donors (Lipinski definition) is 1. The second-order valence-electron chi connectivity index (χ2n) is 7.99. The molecule has 0 radical (unpaired) electrons. The number of likely N-dealkylation sites (N-methyl/N-ethyl adjacent to an activating group) is 1. The number of pyridine rings is 1. The predicted molar refractivity (Wildman–Crippen MR) is 110 cm³/mol. The van der Waals surface area contributed by atoms with Gasteiger partial charge in [-0.1, -0.05) is 25.3 Å². The lowest BCUT2D eigenvalue weighted by atomic mass is 9.95. The van der Waals surface area contributed by atoms with E-state index in [0.717, 1.165) is 49.3 Å². The number of fused-ring (bicyclic) bond motifs is 1. The summed E-state index contributed by atoms with van der Waals surface area (Å²) in [7, 11) is 1.97. The van der Waals surface area contributed by atoms with E-state index in [2.05, 4.69) is 10.3 Å². The van der Waals surface area contributed by atoms with Gasteiger partial charge in [0.25, 0.3) is 0 Å². The molecular formula is C22H29N5O. The van der Waals surface area contributed by atoms with Gasteiger partial charge in [-0.25, -0.2) is 9.97 Å². The minimum atomic E-state index is -0.280. The highest BCUT2D eigenvalue weighted by Crippen LogP contribution is 2.31. The Kier molecular flexibility index (Phi) is 5.55. The third-order valence-electron chi connectivity index (χ3n) is 6.05. The predicted octanol–water partition coefficient (Wildman–Crippen LogP) is 3.30. The highest BCUT2D eigenvalue weighted by atomic mass is 16.2. The molecule has 1 atom stereocenters. The Bertz CT molecular complexity index is 832. The zero-order valence-corrected chi connectivity index (χ0v) is 16.8. The molecule has 2 aromatic rings. The molecule has 6 heteroatoms. The number of nitrogens with one attached hydrogen (secondary N) is 1. The quantitative estimate of drug-likeness (QED) is 0.863. The van der Waals surface area contributed by atoms with Crippen molar-refractivity contribution >= 4 is 11.7 Å². The number of hydrogen-bond acceptors (Lipinski definition) is 5. The minimum Gasteiger partial charge on any atom is -0.352 e. The van der Waals surface area contributed by atoms with E-state index < -0.39 is 0 Å². The fourth-order valence-electron chi connectivity index (χ4n) is 4.24. The first-order valence-corrected chi connectivity index (χ1v) is 10.5. The van der Waals surface area contributed by atoms with Crippen LogP contribution < -0.4 is 10.2 Å². The third kappa shape index (κ3) is 3.86. The molecule has 1 N–H and O–H groups in total. The van der Waals surface area contributed by atoms with Crippen LogP contribution >= 0.6 is 0 Å². The topological polar surface area (TPSA) is 71.0 Å². The van der Waals surface area contributed by atoms with E-state index in [1.54, 1.807) is 6.20 Å². The van der Waals surface area contributed by atoms with Gasteiger partial charge in [-0.3, -0.25) is 9.78 Å². The maximum Gasteiger partial charge on any atom is 0.242 e. The molecule has 148 valence electrons. The van der Waals surface area contributed by atoms with Gasteiger partial charge in [-0.15, -0.1) is 0 Å². The van der Waals surface area contributed by atoms with Crippen molar-refractivity contribution in [3.8, 4) is 11.5 Å². The van der Waals surface area contributed by atoms with Crippen molar-refractivity contribution in [2.24, 2.45) is 0 Å². The second-order valence-corrected chi connectivity index (χ2v) is 7.99. The van der Waals surface area contributed by atoms with Crippen LogP contribution in [0.1, 0.15) is 56.7 Å². The van der Waals surface area contributed by atoms with Crippen LogP contribution in [-0.4, -0.2) is 40.0 Å². The molecule has 6 nitrogen and oxygen atoms in total. The zero-order chi connectivity index (χ0) is 19.5. The first kappa shape index (κ1) is 18.8. The van der Waals surface area contributed by atoms with E-state index in [4.69, 9.17) is 9.97 Å². The number of carbonyl (C=O) groups is 1. The molecule has 0 saturated heterocycles. The van der Waals surface area contributed by atoms with Crippen molar-refractivity contribution in [2.75, 3.05) is 11.9 Å². The van der Waals surface area contributed by atoms with Gasteiger partial charge >= 0.3 is 0 Å². The SMILES string of the molecule is C[C@H](C(=O)NC1CCCCC1)N(C)c1nc(-c2ccccn2)nc2c1CCC2. The van der Waals surface area contributed by atoms with Crippen LogP contribution in [0.5, 0.6) is 0 Å². The van der Waals surface area contributed by atoms with Crippen LogP contribution in [0, 0.1) is 0 Å². The summed E-state index contributed by atoms with van der Waals surface area (Å²) in [6.45, 7) is 1.96. The molecular weight excluding hydrogens is 350 g/mol. The standard InChI is InChI=1S/C22H29N5O/c1-15(22(28)24-16-9-4-3-5-10-16)27(2)21-17-11-8-13-18(17)25-20(26-21)19-12-6-7-14-23-19/h6-7,12,14-16H,3-5,8-11,13H2,1-2H3,(H,24,28)/t15-/m1/s1. The number of anilines is 1. The van der Waals surface area contributed by atoms with Crippen LogP contribution in [0.15, 0.2) is 24.4 Å². The highest BCUT2D eigenvalue weighted by Gasteiger charge is 2.28. The summed E-state index contributed by atoms with van der Waals surface area (Å²) in [6, 6.07) is 5.81. The summed E-state index contributed by atoms with van der Waals surface area (Å²) >= 11 is 0. The molecule has 2 aliphatic carbocycles. The molecule has 1 amide bonds. The molecule has 1 fully saturated rings. The zero-order valence-electron chi connectivity index (χ0n) is 16.8. The van der Waals surface area contributed by atoms with Crippen molar-refractivity contribution in [2.45, 2.75) is 70.4 Å². The average molecular weight is 380 g/mol. The van der Waals surface area contributed by atoms with E-state index in [9.17, 15) is 4.79 Å². The van der Waals surface area contributed by atoms with Gasteiger partial charge in [0, 0.05) is 30.5 Å². The van der Waals surface area contributed by atoms with Crippen LogP contribution in [-0.2, 0) is 17.6 Å². The van der Waals surface area contributed by atoms with Gasteiger partial charge in [0.15, 0.2) is 5.82 Å². The first-order valence-electron chi connectivity index (χ1n) is 10.5. The smallest absolute Gasteiger partial charge is 0.242 e. The number of aryl methyl sites for hydroxylation is 1. The molecule has 0 spiro atoms. The molecule has 0 aliphatic heterocycles. The maximum atomic E-state index is 12.9. The molecule has 4 rings (SSSR count). The first-order chi connectivity index (χ1) is 13.6. The van der Waals surface area contributed by atoms with Crippen LogP contribution in [0.3, 0.4) is 0 Å². The summed E-state index contributed by atoms with van der Waals surface area (Å²) in [4.78, 5) is 28.9. The van der Waals surface area contributed by atoms with E-state index in [0.29, 0.717) is 11.9 Å². The summed E-state index contributed by atoms with van der Waals surface area (Å²) in [5, 5.41) is 3.25. The van der Waals surface area contributed by atoms with Crippen molar-refractivity contribution in [1.29, 1.82) is 0 Å². The Hall–Kier alpha value is -2.50. The lowest BCUT2D eigenvalue weighted by molar-refractivity contribution is -0.122. The van der Waals surface area contributed by atoms with E-state index in [1.165, 1.54) is 24.8 Å². The van der Waals surface area contributed by atoms with Gasteiger partial charge in [-0.05, 0) is 51.2 Å². The summed E-state index contributed by atoms with van der Waals surface area (Å²) < 4.78 is 0. The van der Waals surface area contributed by atoms with Crippen LogP contribution in [0.4, 0.5) is 5.82 Å². The number of nitrogens with zero attached hydrogens (tertiary/aromatic N) is 4. The lowest BCUT2D eigenvalue weighted by Crippen LogP contribution is -2.48. The lowest BCUT2D eigenvalue weighted by Gasteiger charge is -2.30. The third-order valence-corrected chi connectivity index (χ3v) is 6.05. The Labute approximate surface area is 166 Å².